The fourth-order valence-electron chi connectivity index (χ4n) is 3.33. The predicted octanol–water partition coefficient (Wildman–Crippen LogP) is 5.39. The molecular weight excluding hydrogens is 429 g/mol. The molecule has 0 atom stereocenters. The molecule has 0 aliphatic carbocycles. The van der Waals surface area contributed by atoms with E-state index in [2.05, 4.69) is 10.2 Å². The molecule has 0 N–H and O–H groups in total. The molecule has 0 bridgehead atoms. The van der Waals surface area contributed by atoms with Gasteiger partial charge in [-0.3, -0.25) is 4.57 Å². The third-order valence-electron chi connectivity index (χ3n) is 4.89. The number of halogens is 1. The zero-order valence-corrected chi connectivity index (χ0v) is 18.7. The van der Waals surface area contributed by atoms with E-state index in [1.807, 2.05) is 53.1 Å². The number of rotatable bonds is 8. The van der Waals surface area contributed by atoms with Gasteiger partial charge in [0.15, 0.2) is 22.5 Å². The molecule has 32 heavy (non-hydrogen) atoms. The van der Waals surface area contributed by atoms with Crippen molar-refractivity contribution in [1.82, 2.24) is 14.8 Å². The van der Waals surface area contributed by atoms with E-state index in [0.29, 0.717) is 39.5 Å². The maximum absolute atomic E-state index is 14.1. The van der Waals surface area contributed by atoms with Crippen molar-refractivity contribution in [3.8, 4) is 34.3 Å². The molecule has 0 aliphatic rings. The Kier molecular flexibility index (Phi) is 6.61. The van der Waals surface area contributed by atoms with Gasteiger partial charge in [0.2, 0.25) is 5.75 Å². The molecule has 164 valence electrons. The van der Waals surface area contributed by atoms with Crippen LogP contribution >= 0.6 is 11.8 Å². The lowest BCUT2D eigenvalue weighted by atomic mass is 10.1. The Labute approximate surface area is 190 Å². The van der Waals surface area contributed by atoms with Crippen molar-refractivity contribution < 1.29 is 18.6 Å². The van der Waals surface area contributed by atoms with Crippen LogP contribution in [0.15, 0.2) is 71.9 Å². The first-order chi connectivity index (χ1) is 15.7. The standard InChI is InChI=1S/C24H22FN3O3S/c1-29-20-13-17(14-21(30-2)22(20)31-3)23-26-27-24(28(23)18-10-5-4-6-11-18)32-15-16-9-7-8-12-19(16)25/h4-14H,15H2,1-3H3. The Bertz CT molecular complexity index is 1190. The summed E-state index contributed by atoms with van der Waals surface area (Å²) < 4.78 is 32.5. The van der Waals surface area contributed by atoms with E-state index in [1.54, 1.807) is 33.5 Å². The molecule has 0 amide bonds. The van der Waals surface area contributed by atoms with Crippen LogP contribution in [0.2, 0.25) is 0 Å². The maximum Gasteiger partial charge on any atom is 0.203 e. The van der Waals surface area contributed by atoms with Gasteiger partial charge in [0.05, 0.1) is 21.3 Å². The molecule has 0 unspecified atom stereocenters. The molecule has 0 radical (unpaired) electrons. The molecule has 0 saturated heterocycles. The van der Waals surface area contributed by atoms with Crippen LogP contribution in [0, 0.1) is 5.82 Å². The summed E-state index contributed by atoms with van der Waals surface area (Å²) in [6.07, 6.45) is 0. The molecule has 4 aromatic rings. The number of hydrogen-bond acceptors (Lipinski definition) is 6. The van der Waals surface area contributed by atoms with Gasteiger partial charge < -0.3 is 14.2 Å². The second-order valence-electron chi connectivity index (χ2n) is 6.77. The largest absolute Gasteiger partial charge is 0.493 e. The molecule has 6 nitrogen and oxygen atoms in total. The summed E-state index contributed by atoms with van der Waals surface area (Å²) in [4.78, 5) is 0. The monoisotopic (exact) mass is 451 g/mol. The van der Waals surface area contributed by atoms with Gasteiger partial charge in [0.25, 0.3) is 0 Å². The van der Waals surface area contributed by atoms with Gasteiger partial charge in [-0.1, -0.05) is 48.2 Å². The SMILES string of the molecule is COc1cc(-c2nnc(SCc3ccccc3F)n2-c2ccccc2)cc(OC)c1OC. The summed E-state index contributed by atoms with van der Waals surface area (Å²) in [6, 6.07) is 20.2. The minimum absolute atomic E-state index is 0.240. The van der Waals surface area contributed by atoms with E-state index in [4.69, 9.17) is 14.2 Å². The Morgan fingerprint density at radius 3 is 2.12 bits per heavy atom. The minimum atomic E-state index is -0.240. The van der Waals surface area contributed by atoms with Crippen molar-refractivity contribution in [3.63, 3.8) is 0 Å². The van der Waals surface area contributed by atoms with Crippen LogP contribution in [0.4, 0.5) is 4.39 Å². The molecule has 0 fully saturated rings. The van der Waals surface area contributed by atoms with E-state index in [0.717, 1.165) is 11.3 Å². The van der Waals surface area contributed by atoms with E-state index in [-0.39, 0.29) is 5.82 Å². The second kappa shape index (κ2) is 9.74. The van der Waals surface area contributed by atoms with Crippen molar-refractivity contribution in [3.05, 3.63) is 78.1 Å². The number of hydrogen-bond donors (Lipinski definition) is 0. The fraction of sp³-hybridized carbons (Fsp3) is 0.167. The third-order valence-corrected chi connectivity index (χ3v) is 5.86. The lowest BCUT2D eigenvalue weighted by Gasteiger charge is -2.15. The van der Waals surface area contributed by atoms with E-state index in [1.165, 1.54) is 17.8 Å². The van der Waals surface area contributed by atoms with Gasteiger partial charge in [-0.15, -0.1) is 10.2 Å². The smallest absolute Gasteiger partial charge is 0.203 e. The van der Waals surface area contributed by atoms with Crippen LogP contribution in [-0.4, -0.2) is 36.1 Å². The number of methoxy groups -OCH3 is 3. The second-order valence-corrected chi connectivity index (χ2v) is 7.71. The molecule has 4 rings (SSSR count). The average molecular weight is 452 g/mol. The summed E-state index contributed by atoms with van der Waals surface area (Å²) in [5.74, 6) is 2.32. The Hall–Kier alpha value is -3.52. The van der Waals surface area contributed by atoms with Crippen LogP contribution in [0.25, 0.3) is 17.1 Å². The lowest BCUT2D eigenvalue weighted by Crippen LogP contribution is -2.01. The van der Waals surface area contributed by atoms with Crippen LogP contribution in [-0.2, 0) is 5.75 Å². The number of thioether (sulfide) groups is 1. The van der Waals surface area contributed by atoms with Crippen LogP contribution in [0.1, 0.15) is 5.56 Å². The Balaban J connectivity index is 1.81. The molecule has 0 aliphatic heterocycles. The van der Waals surface area contributed by atoms with Crippen molar-refractivity contribution in [2.75, 3.05) is 21.3 Å². The van der Waals surface area contributed by atoms with Crippen molar-refractivity contribution in [2.45, 2.75) is 10.9 Å². The van der Waals surface area contributed by atoms with E-state index in [9.17, 15) is 4.39 Å². The minimum Gasteiger partial charge on any atom is -0.493 e. The van der Waals surface area contributed by atoms with Gasteiger partial charge in [-0.05, 0) is 35.9 Å². The van der Waals surface area contributed by atoms with Crippen LogP contribution in [0.5, 0.6) is 17.2 Å². The molecule has 3 aromatic carbocycles. The van der Waals surface area contributed by atoms with Crippen molar-refractivity contribution in [1.29, 1.82) is 0 Å². The zero-order chi connectivity index (χ0) is 22.5. The highest BCUT2D eigenvalue weighted by Gasteiger charge is 2.21. The number of ether oxygens (including phenoxy) is 3. The van der Waals surface area contributed by atoms with Crippen LogP contribution < -0.4 is 14.2 Å². The first-order valence-electron chi connectivity index (χ1n) is 9.83. The highest BCUT2D eigenvalue weighted by molar-refractivity contribution is 7.98. The van der Waals surface area contributed by atoms with E-state index < -0.39 is 0 Å². The quantitative estimate of drug-likeness (QED) is 0.335. The molecule has 8 heteroatoms. The summed E-state index contributed by atoms with van der Waals surface area (Å²) in [7, 11) is 4.70. The highest BCUT2D eigenvalue weighted by Crippen LogP contribution is 2.41. The van der Waals surface area contributed by atoms with E-state index >= 15 is 0 Å². The maximum atomic E-state index is 14.1. The summed E-state index contributed by atoms with van der Waals surface area (Å²) in [5.41, 5.74) is 2.24. The van der Waals surface area contributed by atoms with Gasteiger partial charge >= 0.3 is 0 Å². The molecule has 1 aromatic heterocycles. The molecule has 0 spiro atoms. The van der Waals surface area contributed by atoms with Gasteiger partial charge in [-0.25, -0.2) is 4.39 Å². The number of para-hydroxylation sites is 1. The molecule has 1 heterocycles. The first kappa shape index (κ1) is 21.7. The number of nitrogens with zero attached hydrogens (tertiary/aromatic N) is 3. The molecule has 0 saturated carbocycles. The first-order valence-corrected chi connectivity index (χ1v) is 10.8. The zero-order valence-electron chi connectivity index (χ0n) is 17.9. The fourth-order valence-corrected chi connectivity index (χ4v) is 4.27. The topological polar surface area (TPSA) is 58.4 Å². The normalized spacial score (nSPS) is 10.8. The van der Waals surface area contributed by atoms with Gasteiger partial charge in [0, 0.05) is 17.0 Å². The summed E-state index contributed by atoms with van der Waals surface area (Å²) >= 11 is 1.41. The Morgan fingerprint density at radius 1 is 0.844 bits per heavy atom. The summed E-state index contributed by atoms with van der Waals surface area (Å²) in [6.45, 7) is 0. The predicted molar refractivity (Wildman–Crippen MR) is 122 cm³/mol. The van der Waals surface area contributed by atoms with Crippen molar-refractivity contribution >= 4 is 11.8 Å². The number of benzene rings is 3. The van der Waals surface area contributed by atoms with Crippen molar-refractivity contribution in [2.24, 2.45) is 0 Å². The molecular formula is C24H22FN3O3S. The summed E-state index contributed by atoms with van der Waals surface area (Å²) in [5, 5.41) is 9.50. The van der Waals surface area contributed by atoms with Crippen LogP contribution in [0.3, 0.4) is 0 Å². The third kappa shape index (κ3) is 4.27. The number of aromatic nitrogens is 3. The average Bonchev–Trinajstić information content (AvgIpc) is 3.27. The Morgan fingerprint density at radius 2 is 1.50 bits per heavy atom. The van der Waals surface area contributed by atoms with Gasteiger partial charge in [0.1, 0.15) is 5.82 Å². The highest BCUT2D eigenvalue weighted by atomic mass is 32.2. The lowest BCUT2D eigenvalue weighted by molar-refractivity contribution is 0.324. The van der Waals surface area contributed by atoms with Gasteiger partial charge in [-0.2, -0.15) is 0 Å².